The number of aromatic nitrogens is 2. The van der Waals surface area contributed by atoms with E-state index < -0.39 is 0 Å². The minimum atomic E-state index is 0.393. The van der Waals surface area contributed by atoms with Crippen LogP contribution in [0.25, 0.3) is 0 Å². The van der Waals surface area contributed by atoms with E-state index in [2.05, 4.69) is 32.4 Å². The van der Waals surface area contributed by atoms with Gasteiger partial charge in [0.1, 0.15) is 6.33 Å². The van der Waals surface area contributed by atoms with Crippen molar-refractivity contribution in [2.45, 2.75) is 25.4 Å². The summed E-state index contributed by atoms with van der Waals surface area (Å²) in [5, 5.41) is 2.09. The van der Waals surface area contributed by atoms with Crippen LogP contribution in [0.3, 0.4) is 0 Å². The van der Waals surface area contributed by atoms with E-state index in [1.54, 1.807) is 18.4 Å². The van der Waals surface area contributed by atoms with Gasteiger partial charge in [0.2, 0.25) is 5.75 Å². The lowest BCUT2D eigenvalue weighted by atomic mass is 10.3. The number of hydrogen-bond donors (Lipinski definition) is 1. The third kappa shape index (κ3) is 2.49. The lowest BCUT2D eigenvalue weighted by Crippen LogP contribution is -2.26. The van der Waals surface area contributed by atoms with Crippen LogP contribution in [0.2, 0.25) is 0 Å². The fourth-order valence-corrected chi connectivity index (χ4v) is 2.81. The average Bonchev–Trinajstić information content (AvgIpc) is 3.13. The summed E-state index contributed by atoms with van der Waals surface area (Å²) in [7, 11) is 1.61. The Hall–Kier alpha value is -1.82. The second-order valence-electron chi connectivity index (χ2n) is 4.55. The minimum Gasteiger partial charge on any atom is -0.490 e. The van der Waals surface area contributed by atoms with Gasteiger partial charge in [-0.2, -0.15) is 0 Å². The monoisotopic (exact) mass is 276 g/mol. The van der Waals surface area contributed by atoms with E-state index in [0.29, 0.717) is 17.6 Å². The molecule has 1 aliphatic rings. The van der Waals surface area contributed by atoms with E-state index in [0.717, 1.165) is 12.4 Å². The Morgan fingerprint density at radius 1 is 1.47 bits per heavy atom. The Morgan fingerprint density at radius 3 is 2.95 bits per heavy atom. The van der Waals surface area contributed by atoms with Crippen molar-refractivity contribution in [2.24, 2.45) is 0 Å². The van der Waals surface area contributed by atoms with Crippen LogP contribution in [0.15, 0.2) is 23.8 Å². The van der Waals surface area contributed by atoms with Crippen LogP contribution in [0.1, 0.15) is 17.7 Å². The van der Waals surface area contributed by atoms with E-state index in [1.807, 2.05) is 0 Å². The Morgan fingerprint density at radius 2 is 2.32 bits per heavy atom. The third-order valence-electron chi connectivity index (χ3n) is 3.18. The maximum Gasteiger partial charge on any atom is 0.204 e. The van der Waals surface area contributed by atoms with Gasteiger partial charge >= 0.3 is 0 Å². The highest BCUT2D eigenvalue weighted by atomic mass is 32.1. The van der Waals surface area contributed by atoms with Crippen molar-refractivity contribution in [1.82, 2.24) is 9.97 Å². The summed E-state index contributed by atoms with van der Waals surface area (Å²) in [6, 6.07) is 4.73. The predicted octanol–water partition coefficient (Wildman–Crippen LogP) is 2.30. The lowest BCUT2D eigenvalue weighted by Gasteiger charge is -2.24. The topological polar surface area (TPSA) is 64.3 Å². The highest BCUT2D eigenvalue weighted by Gasteiger charge is 2.32. The van der Waals surface area contributed by atoms with Crippen molar-refractivity contribution in [3.63, 3.8) is 0 Å². The largest absolute Gasteiger partial charge is 0.490 e. The second-order valence-corrected chi connectivity index (χ2v) is 5.59. The van der Waals surface area contributed by atoms with Gasteiger partial charge in [-0.25, -0.2) is 9.97 Å². The Kier molecular flexibility index (Phi) is 3.25. The van der Waals surface area contributed by atoms with Gasteiger partial charge in [-0.05, 0) is 24.3 Å². The van der Waals surface area contributed by atoms with Crippen molar-refractivity contribution in [1.29, 1.82) is 0 Å². The van der Waals surface area contributed by atoms with E-state index >= 15 is 0 Å². The number of methoxy groups -OCH3 is 1. The molecule has 6 heteroatoms. The number of nitrogens with two attached hydrogens (primary N) is 1. The molecule has 3 rings (SSSR count). The van der Waals surface area contributed by atoms with Crippen LogP contribution in [-0.2, 0) is 6.54 Å². The van der Waals surface area contributed by atoms with Crippen molar-refractivity contribution >= 4 is 23.0 Å². The maximum atomic E-state index is 5.86. The normalized spacial score (nSPS) is 14.4. The molecule has 0 radical (unpaired) electrons. The predicted molar refractivity (Wildman–Crippen MR) is 76.5 cm³/mol. The Bertz CT molecular complexity index is 554. The first-order valence-corrected chi connectivity index (χ1v) is 7.11. The number of nitrogen functional groups attached to an aromatic ring is 1. The lowest BCUT2D eigenvalue weighted by molar-refractivity contribution is 0.412. The van der Waals surface area contributed by atoms with Crippen molar-refractivity contribution in [3.8, 4) is 5.75 Å². The van der Waals surface area contributed by atoms with Gasteiger partial charge in [0.15, 0.2) is 11.6 Å². The molecular formula is C13H16N4OS. The van der Waals surface area contributed by atoms with Crippen LogP contribution in [-0.4, -0.2) is 23.1 Å². The number of ether oxygens (including phenoxy) is 1. The first kappa shape index (κ1) is 12.2. The highest BCUT2D eigenvalue weighted by molar-refractivity contribution is 7.09. The number of rotatable bonds is 5. The van der Waals surface area contributed by atoms with Crippen molar-refractivity contribution in [3.05, 3.63) is 28.7 Å². The fourth-order valence-electron chi connectivity index (χ4n) is 2.11. The van der Waals surface area contributed by atoms with Crippen molar-refractivity contribution in [2.75, 3.05) is 17.7 Å². The summed E-state index contributed by atoms with van der Waals surface area (Å²) < 4.78 is 5.37. The summed E-state index contributed by atoms with van der Waals surface area (Å²) in [5.74, 6) is 1.76. The third-order valence-corrected chi connectivity index (χ3v) is 4.04. The number of hydrogen-bond acceptors (Lipinski definition) is 6. The molecule has 2 heterocycles. The standard InChI is InChI=1S/C13H16N4OS/c1-18-11-12(14)15-8-16-13(11)17(9-4-5-9)7-10-3-2-6-19-10/h2-3,6,8-9H,4-5,7H2,1H3,(H2,14,15,16). The van der Waals surface area contributed by atoms with Crippen LogP contribution in [0, 0.1) is 0 Å². The second kappa shape index (κ2) is 5.05. The van der Waals surface area contributed by atoms with Gasteiger partial charge < -0.3 is 15.4 Å². The van der Waals surface area contributed by atoms with Crippen LogP contribution >= 0.6 is 11.3 Å². The van der Waals surface area contributed by atoms with Gasteiger partial charge in [-0.3, -0.25) is 0 Å². The van der Waals surface area contributed by atoms with E-state index in [9.17, 15) is 0 Å². The molecule has 0 atom stereocenters. The molecule has 0 aromatic carbocycles. The number of nitrogens with zero attached hydrogens (tertiary/aromatic N) is 3. The van der Waals surface area contributed by atoms with Gasteiger partial charge in [-0.1, -0.05) is 6.07 Å². The molecule has 2 N–H and O–H groups in total. The van der Waals surface area contributed by atoms with Gasteiger partial charge in [0.05, 0.1) is 13.7 Å². The molecule has 0 saturated heterocycles. The first-order chi connectivity index (χ1) is 9.29. The van der Waals surface area contributed by atoms with Crippen molar-refractivity contribution < 1.29 is 4.74 Å². The number of thiophene rings is 1. The molecule has 1 saturated carbocycles. The quantitative estimate of drug-likeness (QED) is 0.907. The summed E-state index contributed by atoms with van der Waals surface area (Å²) >= 11 is 1.75. The zero-order chi connectivity index (χ0) is 13.2. The molecule has 1 fully saturated rings. The Balaban J connectivity index is 1.94. The highest BCUT2D eigenvalue weighted by Crippen LogP contribution is 2.38. The molecule has 19 heavy (non-hydrogen) atoms. The average molecular weight is 276 g/mol. The molecule has 0 unspecified atom stereocenters. The molecular weight excluding hydrogens is 260 g/mol. The SMILES string of the molecule is COc1c(N)ncnc1N(Cc1cccs1)C1CC1. The van der Waals surface area contributed by atoms with Crippen LogP contribution in [0.5, 0.6) is 5.75 Å². The van der Waals surface area contributed by atoms with E-state index in [1.165, 1.54) is 24.0 Å². The van der Waals surface area contributed by atoms with Gasteiger partial charge in [0, 0.05) is 10.9 Å². The fraction of sp³-hybridized carbons (Fsp3) is 0.385. The first-order valence-electron chi connectivity index (χ1n) is 6.23. The van der Waals surface area contributed by atoms with E-state index in [-0.39, 0.29) is 0 Å². The summed E-state index contributed by atoms with van der Waals surface area (Å²) in [6.07, 6.45) is 3.88. The molecule has 0 spiro atoms. The van der Waals surface area contributed by atoms with E-state index in [4.69, 9.17) is 10.5 Å². The zero-order valence-electron chi connectivity index (χ0n) is 10.7. The Labute approximate surface area is 116 Å². The molecule has 100 valence electrons. The summed E-state index contributed by atoms with van der Waals surface area (Å²) in [4.78, 5) is 11.9. The minimum absolute atomic E-state index is 0.393. The van der Waals surface area contributed by atoms with Gasteiger partial charge in [-0.15, -0.1) is 11.3 Å². The molecule has 5 nitrogen and oxygen atoms in total. The zero-order valence-corrected chi connectivity index (χ0v) is 11.6. The molecule has 2 aromatic heterocycles. The molecule has 0 bridgehead atoms. The molecule has 0 amide bonds. The number of anilines is 2. The van der Waals surface area contributed by atoms with Gasteiger partial charge in [0.25, 0.3) is 0 Å². The molecule has 2 aromatic rings. The smallest absolute Gasteiger partial charge is 0.204 e. The maximum absolute atomic E-state index is 5.86. The molecule has 1 aliphatic carbocycles. The molecule has 0 aliphatic heterocycles. The van der Waals surface area contributed by atoms with Crippen LogP contribution in [0.4, 0.5) is 11.6 Å². The van der Waals surface area contributed by atoms with Crippen LogP contribution < -0.4 is 15.4 Å². The summed E-state index contributed by atoms with van der Waals surface area (Å²) in [6.45, 7) is 0.842. The summed E-state index contributed by atoms with van der Waals surface area (Å²) in [5.41, 5.74) is 5.86.